The van der Waals surface area contributed by atoms with Crippen LogP contribution in [-0.2, 0) is 4.79 Å². The van der Waals surface area contributed by atoms with Gasteiger partial charge >= 0.3 is 0 Å². The molecule has 1 amide bonds. The van der Waals surface area contributed by atoms with Crippen molar-refractivity contribution >= 4 is 17.2 Å². The lowest BCUT2D eigenvalue weighted by atomic mass is 10.2. The van der Waals surface area contributed by atoms with Crippen LogP contribution < -0.4 is 9.47 Å². The number of fused-ring (bicyclic) bond motifs is 1. The third-order valence-electron chi connectivity index (χ3n) is 5.28. The Morgan fingerprint density at radius 3 is 2.89 bits per heavy atom. The maximum absolute atomic E-state index is 13.0. The van der Waals surface area contributed by atoms with Gasteiger partial charge in [-0.15, -0.1) is 11.3 Å². The van der Waals surface area contributed by atoms with Gasteiger partial charge in [-0.1, -0.05) is 25.1 Å². The van der Waals surface area contributed by atoms with E-state index in [0.717, 1.165) is 37.4 Å². The van der Waals surface area contributed by atoms with E-state index >= 15 is 0 Å². The van der Waals surface area contributed by atoms with Crippen molar-refractivity contribution in [2.45, 2.75) is 31.9 Å². The Labute approximate surface area is 164 Å². The number of thiophene rings is 1. The van der Waals surface area contributed by atoms with Gasteiger partial charge in [0.2, 0.25) is 5.91 Å². The number of ether oxygens (including phenoxy) is 2. The van der Waals surface area contributed by atoms with Crippen LogP contribution >= 0.6 is 11.3 Å². The van der Waals surface area contributed by atoms with Crippen molar-refractivity contribution in [2.75, 3.05) is 32.8 Å². The Bertz CT molecular complexity index is 765. The molecule has 0 radical (unpaired) electrons. The number of hydrogen-bond acceptors (Lipinski definition) is 5. The molecule has 2 aliphatic rings. The number of likely N-dealkylation sites (N-methyl/N-ethyl adjacent to an activating group) is 1. The highest BCUT2D eigenvalue weighted by Crippen LogP contribution is 2.34. The number of nitrogens with zero attached hydrogens (tertiary/aromatic N) is 2. The lowest BCUT2D eigenvalue weighted by Gasteiger charge is -2.32. The second-order valence-electron chi connectivity index (χ2n) is 7.09. The number of para-hydroxylation sites is 2. The van der Waals surface area contributed by atoms with Crippen molar-refractivity contribution in [3.63, 3.8) is 0 Å². The predicted octanol–water partition coefficient (Wildman–Crippen LogP) is 3.57. The molecule has 2 aromatic rings. The molecule has 0 bridgehead atoms. The SMILES string of the molecule is CCN(CC(=O)N1CCCC1c1cccs1)CC1COc2ccccc2O1. The summed E-state index contributed by atoms with van der Waals surface area (Å²) in [5, 5.41) is 2.09. The van der Waals surface area contributed by atoms with Crippen molar-refractivity contribution in [2.24, 2.45) is 0 Å². The minimum atomic E-state index is -0.0562. The summed E-state index contributed by atoms with van der Waals surface area (Å²) in [6.45, 7) is 5.39. The molecule has 144 valence electrons. The van der Waals surface area contributed by atoms with E-state index in [4.69, 9.17) is 9.47 Å². The molecule has 5 nitrogen and oxygen atoms in total. The zero-order chi connectivity index (χ0) is 18.6. The van der Waals surface area contributed by atoms with E-state index < -0.39 is 0 Å². The zero-order valence-corrected chi connectivity index (χ0v) is 16.5. The summed E-state index contributed by atoms with van der Waals surface area (Å²) in [5.74, 6) is 1.79. The maximum atomic E-state index is 13.0. The Morgan fingerprint density at radius 1 is 1.26 bits per heavy atom. The summed E-state index contributed by atoms with van der Waals surface area (Å²) in [7, 11) is 0. The van der Waals surface area contributed by atoms with Gasteiger partial charge in [0.25, 0.3) is 0 Å². The number of benzene rings is 1. The fourth-order valence-electron chi connectivity index (χ4n) is 3.87. The minimum Gasteiger partial charge on any atom is -0.486 e. The van der Waals surface area contributed by atoms with Crippen LogP contribution in [0.15, 0.2) is 41.8 Å². The van der Waals surface area contributed by atoms with Crippen LogP contribution in [0.4, 0.5) is 0 Å². The first-order valence-corrected chi connectivity index (χ1v) is 10.6. The molecule has 0 aliphatic carbocycles. The van der Waals surface area contributed by atoms with Gasteiger partial charge < -0.3 is 14.4 Å². The van der Waals surface area contributed by atoms with Crippen molar-refractivity contribution < 1.29 is 14.3 Å². The first kappa shape index (κ1) is 18.3. The molecule has 3 heterocycles. The van der Waals surface area contributed by atoms with Gasteiger partial charge in [0.1, 0.15) is 12.7 Å². The van der Waals surface area contributed by atoms with E-state index in [9.17, 15) is 4.79 Å². The number of rotatable bonds is 6. The average molecular weight is 387 g/mol. The van der Waals surface area contributed by atoms with Gasteiger partial charge in [-0.3, -0.25) is 9.69 Å². The third kappa shape index (κ3) is 4.12. The van der Waals surface area contributed by atoms with Crippen molar-refractivity contribution in [3.05, 3.63) is 46.7 Å². The summed E-state index contributed by atoms with van der Waals surface area (Å²) in [6.07, 6.45) is 2.09. The van der Waals surface area contributed by atoms with Crippen LogP contribution in [0.3, 0.4) is 0 Å². The van der Waals surface area contributed by atoms with Crippen LogP contribution in [0.1, 0.15) is 30.7 Å². The summed E-state index contributed by atoms with van der Waals surface area (Å²) in [5.41, 5.74) is 0. The van der Waals surface area contributed by atoms with Crippen LogP contribution in [0.2, 0.25) is 0 Å². The molecule has 1 saturated heterocycles. The molecule has 0 saturated carbocycles. The number of hydrogen-bond donors (Lipinski definition) is 0. The van der Waals surface area contributed by atoms with Gasteiger partial charge in [0.05, 0.1) is 12.6 Å². The number of carbonyl (C=O) groups is 1. The van der Waals surface area contributed by atoms with Crippen LogP contribution in [-0.4, -0.2) is 54.6 Å². The highest BCUT2D eigenvalue weighted by atomic mass is 32.1. The van der Waals surface area contributed by atoms with Gasteiger partial charge in [-0.2, -0.15) is 0 Å². The molecule has 4 rings (SSSR count). The summed E-state index contributed by atoms with van der Waals surface area (Å²) >= 11 is 1.74. The fraction of sp³-hybridized carbons (Fsp3) is 0.476. The summed E-state index contributed by atoms with van der Waals surface area (Å²) < 4.78 is 11.9. The molecule has 1 aromatic heterocycles. The molecule has 0 N–H and O–H groups in total. The van der Waals surface area contributed by atoms with E-state index in [0.29, 0.717) is 19.7 Å². The second kappa shape index (κ2) is 8.31. The topological polar surface area (TPSA) is 42.0 Å². The smallest absolute Gasteiger partial charge is 0.237 e. The number of amides is 1. The standard InChI is InChI=1S/C21H26N2O3S/c1-2-22(13-16-15-25-18-8-3-4-9-19(18)26-16)14-21(24)23-11-5-7-17(23)20-10-6-12-27-20/h3-4,6,8-10,12,16-17H,2,5,7,11,13-15H2,1H3. The van der Waals surface area contributed by atoms with E-state index in [1.165, 1.54) is 4.88 Å². The van der Waals surface area contributed by atoms with Crippen LogP contribution in [0.25, 0.3) is 0 Å². The van der Waals surface area contributed by atoms with Gasteiger partial charge in [-0.05, 0) is 43.0 Å². The van der Waals surface area contributed by atoms with Gasteiger partial charge in [0, 0.05) is 18.0 Å². The molecule has 27 heavy (non-hydrogen) atoms. The predicted molar refractivity (Wildman–Crippen MR) is 106 cm³/mol. The average Bonchev–Trinajstić information content (AvgIpc) is 3.38. The highest BCUT2D eigenvalue weighted by Gasteiger charge is 2.32. The Kier molecular flexibility index (Phi) is 5.64. The van der Waals surface area contributed by atoms with E-state index in [1.807, 2.05) is 24.3 Å². The quantitative estimate of drug-likeness (QED) is 0.761. The Balaban J connectivity index is 1.35. The number of likely N-dealkylation sites (tertiary alicyclic amines) is 1. The molecule has 2 atom stereocenters. The van der Waals surface area contributed by atoms with Crippen molar-refractivity contribution in [1.82, 2.24) is 9.80 Å². The summed E-state index contributed by atoms with van der Waals surface area (Å²) in [6, 6.07) is 12.2. The third-order valence-corrected chi connectivity index (χ3v) is 6.25. The molecule has 2 unspecified atom stereocenters. The van der Waals surface area contributed by atoms with E-state index in [2.05, 4.69) is 34.2 Å². The van der Waals surface area contributed by atoms with E-state index in [-0.39, 0.29) is 18.1 Å². The molecular formula is C21H26N2O3S. The van der Waals surface area contributed by atoms with E-state index in [1.54, 1.807) is 11.3 Å². The van der Waals surface area contributed by atoms with Crippen LogP contribution in [0, 0.1) is 0 Å². The highest BCUT2D eigenvalue weighted by molar-refractivity contribution is 7.10. The zero-order valence-electron chi connectivity index (χ0n) is 15.7. The van der Waals surface area contributed by atoms with Crippen molar-refractivity contribution in [3.8, 4) is 11.5 Å². The first-order valence-electron chi connectivity index (χ1n) is 9.68. The molecule has 1 fully saturated rings. The molecule has 0 spiro atoms. The Morgan fingerprint density at radius 2 is 2.11 bits per heavy atom. The second-order valence-corrected chi connectivity index (χ2v) is 8.07. The molecular weight excluding hydrogens is 360 g/mol. The van der Waals surface area contributed by atoms with Gasteiger partial charge in [0.15, 0.2) is 11.5 Å². The summed E-state index contributed by atoms with van der Waals surface area (Å²) in [4.78, 5) is 18.5. The first-order chi connectivity index (χ1) is 13.2. The molecule has 6 heteroatoms. The number of carbonyl (C=O) groups excluding carboxylic acids is 1. The molecule has 2 aliphatic heterocycles. The lowest BCUT2D eigenvalue weighted by Crippen LogP contribution is -2.45. The maximum Gasteiger partial charge on any atom is 0.237 e. The normalized spacial score (nSPS) is 21.6. The van der Waals surface area contributed by atoms with Crippen LogP contribution in [0.5, 0.6) is 11.5 Å². The minimum absolute atomic E-state index is 0.0562. The van der Waals surface area contributed by atoms with Crippen molar-refractivity contribution in [1.29, 1.82) is 0 Å². The Hall–Kier alpha value is -2.05. The lowest BCUT2D eigenvalue weighted by molar-refractivity contribution is -0.133. The monoisotopic (exact) mass is 386 g/mol. The van der Waals surface area contributed by atoms with Gasteiger partial charge in [-0.25, -0.2) is 0 Å². The fourth-order valence-corrected chi connectivity index (χ4v) is 4.74. The largest absolute Gasteiger partial charge is 0.486 e. The molecule has 1 aromatic carbocycles.